The third-order valence-corrected chi connectivity index (χ3v) is 9.52. The summed E-state index contributed by atoms with van der Waals surface area (Å²) in [5.74, 6) is 3.06. The molecule has 0 aromatic rings. The molecule has 5 rings (SSSR count). The molecule has 5 fully saturated rings. The summed E-state index contributed by atoms with van der Waals surface area (Å²) in [6, 6.07) is 0. The van der Waals surface area contributed by atoms with Gasteiger partial charge < -0.3 is 10.2 Å². The van der Waals surface area contributed by atoms with Crippen molar-refractivity contribution in [3.8, 4) is 0 Å². The Morgan fingerprint density at radius 2 is 1.96 bits per heavy atom. The second-order valence-electron chi connectivity index (χ2n) is 10.8. The third kappa shape index (κ3) is 2.74. The number of ketones is 1. The van der Waals surface area contributed by atoms with Gasteiger partial charge >= 0.3 is 0 Å². The van der Waals surface area contributed by atoms with E-state index >= 15 is 0 Å². The van der Waals surface area contributed by atoms with E-state index in [2.05, 4.69) is 30.9 Å². The average molecular weight is 385 g/mol. The Labute approximate surface area is 169 Å². The first-order valence-electron chi connectivity index (χ1n) is 11.5. The highest BCUT2D eigenvalue weighted by Crippen LogP contribution is 2.66. The predicted octanol–water partition coefficient (Wildman–Crippen LogP) is 4.50. The second-order valence-corrected chi connectivity index (χ2v) is 10.8. The number of rotatable bonds is 2. The molecule has 1 aliphatic heterocycles. The molecule has 0 bridgehead atoms. The van der Waals surface area contributed by atoms with Crippen molar-refractivity contribution in [3.63, 3.8) is 0 Å². The topological polar surface area (TPSA) is 50.7 Å². The summed E-state index contributed by atoms with van der Waals surface area (Å²) in [4.78, 5) is 18.5. The summed E-state index contributed by atoms with van der Waals surface area (Å²) in [5, 5.41) is 7.93. The predicted molar refractivity (Wildman–Crippen MR) is 111 cm³/mol. The standard InChI is InChI=1S/C24H36N2O2/c1-15-12-18-19-4-5-22(27)24(19,3)10-7-20(18)23(2)9-6-16(13-21(15)23)26-28-17-8-11-25-14-17/h17-21,25H,1,4-14H2,2-3H3/t17?,18-,19-,20+,21?,23+,24-/m0/s1. The Balaban J connectivity index is 1.35. The van der Waals surface area contributed by atoms with Crippen molar-refractivity contribution in [3.05, 3.63) is 12.2 Å². The molecule has 4 heteroatoms. The van der Waals surface area contributed by atoms with Gasteiger partial charge in [0, 0.05) is 24.8 Å². The zero-order valence-electron chi connectivity index (χ0n) is 17.6. The van der Waals surface area contributed by atoms with Crippen molar-refractivity contribution in [2.45, 2.75) is 77.7 Å². The van der Waals surface area contributed by atoms with Crippen LogP contribution in [0.5, 0.6) is 0 Å². The molecule has 4 nitrogen and oxygen atoms in total. The first-order chi connectivity index (χ1) is 13.4. The van der Waals surface area contributed by atoms with Crippen molar-refractivity contribution in [1.82, 2.24) is 5.32 Å². The Morgan fingerprint density at radius 3 is 2.75 bits per heavy atom. The summed E-state index contributed by atoms with van der Waals surface area (Å²) < 4.78 is 0. The van der Waals surface area contributed by atoms with Crippen LogP contribution in [0.1, 0.15) is 71.6 Å². The number of oxime groups is 1. The van der Waals surface area contributed by atoms with Crippen LogP contribution in [0.4, 0.5) is 0 Å². The molecule has 28 heavy (non-hydrogen) atoms. The number of hydrogen-bond acceptors (Lipinski definition) is 4. The van der Waals surface area contributed by atoms with Crippen molar-refractivity contribution in [2.24, 2.45) is 39.7 Å². The number of nitrogens with zero attached hydrogens (tertiary/aromatic N) is 1. The molecule has 0 spiro atoms. The van der Waals surface area contributed by atoms with Crippen LogP contribution in [0.25, 0.3) is 0 Å². The molecular formula is C24H36N2O2. The van der Waals surface area contributed by atoms with Crippen LogP contribution in [-0.2, 0) is 9.63 Å². The quantitative estimate of drug-likeness (QED) is 0.563. The van der Waals surface area contributed by atoms with Gasteiger partial charge in [0.1, 0.15) is 11.9 Å². The molecule has 7 atom stereocenters. The Hall–Kier alpha value is -1.16. The van der Waals surface area contributed by atoms with Crippen LogP contribution < -0.4 is 5.32 Å². The fourth-order valence-corrected chi connectivity index (χ4v) is 7.77. The highest BCUT2D eigenvalue weighted by Gasteiger charge is 2.60. The maximum absolute atomic E-state index is 12.6. The van der Waals surface area contributed by atoms with Gasteiger partial charge in [-0.3, -0.25) is 4.79 Å². The second kappa shape index (κ2) is 6.68. The van der Waals surface area contributed by atoms with E-state index in [0.29, 0.717) is 29.0 Å². The highest BCUT2D eigenvalue weighted by molar-refractivity contribution is 5.87. The van der Waals surface area contributed by atoms with Crippen LogP contribution in [0.2, 0.25) is 0 Å². The molecule has 0 aromatic carbocycles. The average Bonchev–Trinajstić information content (AvgIpc) is 3.29. The molecule has 154 valence electrons. The van der Waals surface area contributed by atoms with Gasteiger partial charge in [0.25, 0.3) is 0 Å². The van der Waals surface area contributed by atoms with E-state index in [0.717, 1.165) is 64.0 Å². The number of carbonyl (C=O) groups is 1. The number of nitrogens with one attached hydrogen (secondary N) is 1. The van der Waals surface area contributed by atoms with Crippen LogP contribution in [0.15, 0.2) is 17.3 Å². The Morgan fingerprint density at radius 1 is 1.11 bits per heavy atom. The van der Waals surface area contributed by atoms with E-state index in [9.17, 15) is 4.79 Å². The molecular weight excluding hydrogens is 348 g/mol. The molecule has 5 aliphatic rings. The van der Waals surface area contributed by atoms with E-state index in [1.165, 1.54) is 24.1 Å². The maximum atomic E-state index is 12.6. The lowest BCUT2D eigenvalue weighted by Gasteiger charge is -2.60. The summed E-state index contributed by atoms with van der Waals surface area (Å²) in [6.45, 7) is 11.3. The molecule has 4 saturated carbocycles. The Bertz CT molecular complexity index is 709. The molecule has 1 heterocycles. The smallest absolute Gasteiger partial charge is 0.141 e. The molecule has 1 saturated heterocycles. The van der Waals surface area contributed by atoms with Gasteiger partial charge in [-0.15, -0.1) is 0 Å². The minimum Gasteiger partial charge on any atom is -0.391 e. The highest BCUT2D eigenvalue weighted by atomic mass is 16.6. The van der Waals surface area contributed by atoms with Crippen LogP contribution in [-0.4, -0.2) is 30.7 Å². The van der Waals surface area contributed by atoms with Crippen molar-refractivity contribution < 1.29 is 9.63 Å². The van der Waals surface area contributed by atoms with E-state index in [4.69, 9.17) is 4.84 Å². The molecule has 0 aromatic heterocycles. The molecule has 1 N–H and O–H groups in total. The Kier molecular flexibility index (Phi) is 4.50. The third-order valence-electron chi connectivity index (χ3n) is 9.52. The summed E-state index contributed by atoms with van der Waals surface area (Å²) in [5.41, 5.74) is 2.93. The van der Waals surface area contributed by atoms with Gasteiger partial charge in [0.05, 0.1) is 5.71 Å². The van der Waals surface area contributed by atoms with Gasteiger partial charge in [-0.05, 0) is 80.6 Å². The minimum atomic E-state index is -0.0465. The maximum Gasteiger partial charge on any atom is 0.141 e. The number of carbonyl (C=O) groups excluding carboxylic acids is 1. The molecule has 0 radical (unpaired) electrons. The lowest BCUT2D eigenvalue weighted by Crippen LogP contribution is -2.54. The molecule has 4 aliphatic carbocycles. The van der Waals surface area contributed by atoms with Crippen LogP contribution in [0, 0.1) is 34.5 Å². The van der Waals surface area contributed by atoms with Crippen molar-refractivity contribution >= 4 is 11.5 Å². The minimum absolute atomic E-state index is 0.0465. The summed E-state index contributed by atoms with van der Waals surface area (Å²) in [6.07, 6.45) is 9.96. The summed E-state index contributed by atoms with van der Waals surface area (Å²) >= 11 is 0. The van der Waals surface area contributed by atoms with Gasteiger partial charge in [-0.2, -0.15) is 0 Å². The zero-order chi connectivity index (χ0) is 19.5. The van der Waals surface area contributed by atoms with Gasteiger partial charge in [-0.1, -0.05) is 31.2 Å². The number of fused-ring (bicyclic) bond motifs is 5. The lowest BCUT2D eigenvalue weighted by atomic mass is 9.44. The molecule has 0 amide bonds. The largest absolute Gasteiger partial charge is 0.391 e. The van der Waals surface area contributed by atoms with E-state index in [-0.39, 0.29) is 11.5 Å². The zero-order valence-corrected chi connectivity index (χ0v) is 17.6. The van der Waals surface area contributed by atoms with Crippen molar-refractivity contribution in [1.29, 1.82) is 0 Å². The normalized spacial score (nSPS) is 49.6. The lowest BCUT2D eigenvalue weighted by molar-refractivity contribution is -0.134. The number of allylic oxidation sites excluding steroid dienone is 1. The molecule has 2 unspecified atom stereocenters. The first-order valence-corrected chi connectivity index (χ1v) is 11.5. The van der Waals surface area contributed by atoms with Crippen molar-refractivity contribution in [2.75, 3.05) is 13.1 Å². The summed E-state index contributed by atoms with van der Waals surface area (Å²) in [7, 11) is 0. The van der Waals surface area contributed by atoms with E-state index in [1.54, 1.807) is 0 Å². The fraction of sp³-hybridized carbons (Fsp3) is 0.833. The van der Waals surface area contributed by atoms with Gasteiger partial charge in [-0.25, -0.2) is 0 Å². The van der Waals surface area contributed by atoms with Gasteiger partial charge in [0.2, 0.25) is 0 Å². The monoisotopic (exact) mass is 384 g/mol. The van der Waals surface area contributed by atoms with Gasteiger partial charge in [0.15, 0.2) is 0 Å². The number of Topliss-reactive ketones (excluding diaryl/α,β-unsaturated/α-hetero) is 1. The fourth-order valence-electron chi connectivity index (χ4n) is 7.77. The van der Waals surface area contributed by atoms with E-state index < -0.39 is 0 Å². The first kappa shape index (κ1) is 18.8. The number of hydrogen-bond donors (Lipinski definition) is 1. The SMILES string of the molecule is C=C1C[C@@H]2[C@@H](CC[C@]3(C)C(=O)CC[C@@H]23)[C@@]2(C)CCC(=NOC3CCNC3)CC12. The van der Waals surface area contributed by atoms with Crippen LogP contribution >= 0.6 is 0 Å². The van der Waals surface area contributed by atoms with Crippen LogP contribution in [0.3, 0.4) is 0 Å². The van der Waals surface area contributed by atoms with E-state index in [1.807, 2.05) is 0 Å².